The Bertz CT molecular complexity index is 119. The van der Waals surface area contributed by atoms with Crippen LogP contribution in [0.1, 0.15) is 13.8 Å². The lowest BCUT2D eigenvalue weighted by Gasteiger charge is -1.96. The molecule has 0 aliphatic rings. The number of hydrogen-bond acceptors (Lipinski definition) is 4. The summed E-state index contributed by atoms with van der Waals surface area (Å²) >= 11 is 2.51. The molecule has 0 radical (unpaired) electrons. The van der Waals surface area contributed by atoms with E-state index in [-0.39, 0.29) is 0 Å². The normalized spacial score (nSPS) is 11.8. The Morgan fingerprint density at radius 2 is 1.33 bits per heavy atom. The second-order valence-electron chi connectivity index (χ2n) is 1.84. The SMILES string of the molecule is C/C=C/COSSOC/C=C/C. The van der Waals surface area contributed by atoms with Gasteiger partial charge in [-0.1, -0.05) is 24.3 Å². The maximum atomic E-state index is 5.10. The van der Waals surface area contributed by atoms with E-state index in [0.717, 1.165) is 0 Å². The first-order valence-corrected chi connectivity index (χ1v) is 5.72. The third kappa shape index (κ3) is 10.1. The van der Waals surface area contributed by atoms with E-state index in [4.69, 9.17) is 8.37 Å². The van der Waals surface area contributed by atoms with Crippen LogP contribution in [0.3, 0.4) is 0 Å². The van der Waals surface area contributed by atoms with Gasteiger partial charge in [-0.3, -0.25) is 8.37 Å². The van der Waals surface area contributed by atoms with Crippen molar-refractivity contribution in [3.05, 3.63) is 24.3 Å². The lowest BCUT2D eigenvalue weighted by molar-refractivity contribution is 0.420. The molecule has 0 bridgehead atoms. The van der Waals surface area contributed by atoms with Gasteiger partial charge in [0.15, 0.2) is 0 Å². The summed E-state index contributed by atoms with van der Waals surface area (Å²) in [5.41, 5.74) is 0. The van der Waals surface area contributed by atoms with E-state index in [9.17, 15) is 0 Å². The number of rotatable bonds is 7. The van der Waals surface area contributed by atoms with Gasteiger partial charge in [0.25, 0.3) is 0 Å². The van der Waals surface area contributed by atoms with Crippen molar-refractivity contribution in [3.63, 3.8) is 0 Å². The topological polar surface area (TPSA) is 18.5 Å². The van der Waals surface area contributed by atoms with E-state index in [1.54, 1.807) is 0 Å². The van der Waals surface area contributed by atoms with Crippen molar-refractivity contribution in [2.45, 2.75) is 13.8 Å². The lowest BCUT2D eigenvalue weighted by atomic mass is 10.6. The van der Waals surface area contributed by atoms with Crippen molar-refractivity contribution >= 4 is 22.1 Å². The lowest BCUT2D eigenvalue weighted by Crippen LogP contribution is -1.79. The summed E-state index contributed by atoms with van der Waals surface area (Å²) in [6.07, 6.45) is 7.79. The van der Waals surface area contributed by atoms with Crippen LogP contribution in [0.4, 0.5) is 0 Å². The Labute approximate surface area is 82.2 Å². The van der Waals surface area contributed by atoms with Crippen LogP contribution in [0.2, 0.25) is 0 Å². The Kier molecular flexibility index (Phi) is 11.2. The molecule has 0 atom stereocenters. The van der Waals surface area contributed by atoms with Gasteiger partial charge in [0.05, 0.1) is 35.4 Å². The summed E-state index contributed by atoms with van der Waals surface area (Å²) in [5, 5.41) is 0. The molecule has 0 aromatic heterocycles. The highest BCUT2D eigenvalue weighted by molar-refractivity contribution is 8.73. The number of hydrogen-bond donors (Lipinski definition) is 0. The Balaban J connectivity index is 2.91. The van der Waals surface area contributed by atoms with Crippen molar-refractivity contribution in [2.75, 3.05) is 13.2 Å². The van der Waals surface area contributed by atoms with Gasteiger partial charge in [0, 0.05) is 0 Å². The zero-order valence-electron chi connectivity index (χ0n) is 7.36. The standard InChI is InChI=1S/C8H14O2S2/c1-3-5-7-9-11-12-10-8-6-4-2/h3-6H,7-8H2,1-2H3/b5-3+,6-4+. The maximum Gasteiger partial charge on any atom is 0.0928 e. The fourth-order valence-corrected chi connectivity index (χ4v) is 1.28. The van der Waals surface area contributed by atoms with Gasteiger partial charge < -0.3 is 0 Å². The zero-order valence-corrected chi connectivity index (χ0v) is 8.99. The molecule has 12 heavy (non-hydrogen) atoms. The van der Waals surface area contributed by atoms with E-state index in [1.165, 1.54) is 22.1 Å². The largest absolute Gasteiger partial charge is 0.299 e. The molecule has 0 aliphatic carbocycles. The summed E-state index contributed by atoms with van der Waals surface area (Å²) in [6, 6.07) is 0. The molecule has 0 rings (SSSR count). The van der Waals surface area contributed by atoms with Gasteiger partial charge in [0.2, 0.25) is 0 Å². The number of allylic oxidation sites excluding steroid dienone is 2. The van der Waals surface area contributed by atoms with Crippen LogP contribution >= 0.6 is 22.1 Å². The van der Waals surface area contributed by atoms with Gasteiger partial charge in [-0.2, -0.15) is 0 Å². The zero-order chi connectivity index (χ0) is 9.07. The predicted molar refractivity (Wildman–Crippen MR) is 56.7 cm³/mol. The van der Waals surface area contributed by atoms with E-state index in [2.05, 4.69) is 0 Å². The quantitative estimate of drug-likeness (QED) is 0.275. The first-order valence-electron chi connectivity index (χ1n) is 3.72. The molecule has 0 aromatic carbocycles. The summed E-state index contributed by atoms with van der Waals surface area (Å²) in [5.74, 6) is 0. The minimum atomic E-state index is 0.626. The molecule has 0 aliphatic heterocycles. The summed E-state index contributed by atoms with van der Waals surface area (Å²) < 4.78 is 10.2. The van der Waals surface area contributed by atoms with Crippen molar-refractivity contribution in [2.24, 2.45) is 0 Å². The molecule has 0 aromatic rings. The molecule has 0 spiro atoms. The van der Waals surface area contributed by atoms with Gasteiger partial charge in [0.1, 0.15) is 0 Å². The fourth-order valence-electron chi connectivity index (χ4n) is 0.366. The fraction of sp³-hybridized carbons (Fsp3) is 0.500. The average molecular weight is 206 g/mol. The molecule has 2 nitrogen and oxygen atoms in total. The maximum absolute atomic E-state index is 5.10. The van der Waals surface area contributed by atoms with Crippen LogP contribution in [0.25, 0.3) is 0 Å². The summed E-state index contributed by atoms with van der Waals surface area (Å²) in [4.78, 5) is 0. The molecular formula is C8H14O2S2. The Morgan fingerprint density at radius 1 is 0.917 bits per heavy atom. The minimum Gasteiger partial charge on any atom is -0.299 e. The monoisotopic (exact) mass is 206 g/mol. The minimum absolute atomic E-state index is 0.626. The molecule has 4 heteroatoms. The van der Waals surface area contributed by atoms with Crippen LogP contribution in [0.5, 0.6) is 0 Å². The highest BCUT2D eigenvalue weighted by Gasteiger charge is 1.87. The smallest absolute Gasteiger partial charge is 0.0928 e. The van der Waals surface area contributed by atoms with E-state index >= 15 is 0 Å². The van der Waals surface area contributed by atoms with Crippen LogP contribution in [-0.4, -0.2) is 13.2 Å². The van der Waals surface area contributed by atoms with Crippen molar-refractivity contribution in [1.82, 2.24) is 0 Å². The van der Waals surface area contributed by atoms with Crippen LogP contribution in [-0.2, 0) is 8.37 Å². The third-order valence-electron chi connectivity index (χ3n) is 0.924. The third-order valence-corrected chi connectivity index (χ3v) is 2.19. The highest BCUT2D eigenvalue weighted by atomic mass is 33.1. The Hall–Kier alpha value is 0.100. The van der Waals surface area contributed by atoms with Crippen molar-refractivity contribution in [1.29, 1.82) is 0 Å². The van der Waals surface area contributed by atoms with Crippen LogP contribution in [0, 0.1) is 0 Å². The van der Waals surface area contributed by atoms with E-state index in [0.29, 0.717) is 13.2 Å². The summed E-state index contributed by atoms with van der Waals surface area (Å²) in [6.45, 7) is 5.18. The van der Waals surface area contributed by atoms with Crippen LogP contribution < -0.4 is 0 Å². The molecule has 0 saturated heterocycles. The van der Waals surface area contributed by atoms with Crippen molar-refractivity contribution < 1.29 is 8.37 Å². The van der Waals surface area contributed by atoms with Gasteiger partial charge in [-0.15, -0.1) is 0 Å². The van der Waals surface area contributed by atoms with E-state index < -0.39 is 0 Å². The predicted octanol–water partition coefficient (Wildman–Crippen LogP) is 3.38. The van der Waals surface area contributed by atoms with Gasteiger partial charge in [-0.25, -0.2) is 0 Å². The summed E-state index contributed by atoms with van der Waals surface area (Å²) in [7, 11) is 0. The molecular weight excluding hydrogens is 192 g/mol. The highest BCUT2D eigenvalue weighted by Crippen LogP contribution is 2.22. The molecule has 0 fully saturated rings. The van der Waals surface area contributed by atoms with E-state index in [1.807, 2.05) is 38.2 Å². The molecule has 0 N–H and O–H groups in total. The van der Waals surface area contributed by atoms with Crippen LogP contribution in [0.15, 0.2) is 24.3 Å². The molecule has 0 amide bonds. The van der Waals surface area contributed by atoms with Gasteiger partial charge in [-0.05, 0) is 13.8 Å². The van der Waals surface area contributed by atoms with Crippen molar-refractivity contribution in [3.8, 4) is 0 Å². The Morgan fingerprint density at radius 3 is 1.67 bits per heavy atom. The second-order valence-corrected chi connectivity index (χ2v) is 3.40. The average Bonchev–Trinajstić information content (AvgIpc) is 2.10. The molecule has 70 valence electrons. The molecule has 0 unspecified atom stereocenters. The molecule has 0 heterocycles. The second kappa shape index (κ2) is 11.1. The first kappa shape index (κ1) is 12.1. The first-order chi connectivity index (χ1) is 5.91. The molecule has 0 saturated carbocycles. The van der Waals surface area contributed by atoms with Gasteiger partial charge >= 0.3 is 0 Å².